The molecule has 9 heteroatoms. The quantitative estimate of drug-likeness (QED) is 0.676. The first-order valence-corrected chi connectivity index (χ1v) is 10.1. The first-order valence-electron chi connectivity index (χ1n) is 10.1. The second-order valence-electron chi connectivity index (χ2n) is 7.76. The number of aromatic nitrogens is 1. The molecule has 0 unspecified atom stereocenters. The van der Waals surface area contributed by atoms with Gasteiger partial charge in [0.05, 0.1) is 24.2 Å². The zero-order valence-corrected chi connectivity index (χ0v) is 17.0. The Balaban J connectivity index is 1.56. The Hall–Kier alpha value is -2.81. The van der Waals surface area contributed by atoms with Gasteiger partial charge in [-0.2, -0.15) is 13.2 Å². The van der Waals surface area contributed by atoms with Crippen LogP contribution in [0, 0.1) is 11.8 Å². The second-order valence-corrected chi connectivity index (χ2v) is 7.76. The molecule has 0 spiro atoms. The Morgan fingerprint density at radius 2 is 1.97 bits per heavy atom. The average molecular weight is 438 g/mol. The van der Waals surface area contributed by atoms with Gasteiger partial charge in [0, 0.05) is 19.3 Å². The van der Waals surface area contributed by atoms with Crippen molar-refractivity contribution in [2.75, 3.05) is 24.6 Å². The summed E-state index contributed by atoms with van der Waals surface area (Å²) in [4.78, 5) is 16.7. The summed E-state index contributed by atoms with van der Waals surface area (Å²) in [6.45, 7) is 2.71. The van der Waals surface area contributed by atoms with Crippen LogP contribution in [0.2, 0.25) is 0 Å². The number of hydrogen-bond acceptors (Lipinski definition) is 5. The predicted octanol–water partition coefficient (Wildman–Crippen LogP) is 4.15. The molecular formula is C22H25F3N2O4. The first-order chi connectivity index (χ1) is 14.7. The van der Waals surface area contributed by atoms with E-state index in [-0.39, 0.29) is 11.7 Å². The van der Waals surface area contributed by atoms with Gasteiger partial charge in [-0.1, -0.05) is 12.1 Å². The second kappa shape index (κ2) is 9.55. The number of ether oxygens (including phenoxy) is 1. The Morgan fingerprint density at radius 3 is 2.61 bits per heavy atom. The minimum Gasteiger partial charge on any atom is -0.493 e. The molecule has 1 aromatic carbocycles. The van der Waals surface area contributed by atoms with E-state index in [1.54, 1.807) is 29.2 Å². The minimum atomic E-state index is -4.45. The summed E-state index contributed by atoms with van der Waals surface area (Å²) < 4.78 is 45.5. The van der Waals surface area contributed by atoms with Crippen molar-refractivity contribution in [3.8, 4) is 5.75 Å². The Bertz CT molecular complexity index is 898. The molecule has 2 heterocycles. The average Bonchev–Trinajstić information content (AvgIpc) is 2.76. The standard InChI is InChI=1S/C22H25F3N2O4/c1-14(21(29)30)19(28)16-4-2-5-17(12-16)31-13-15-7-10-27(11-8-15)20-18(22(23,24)25)6-3-9-26-20/h2-6,9,12,14-15,19,28H,7-8,10-11,13H2,1H3,(H,29,30)/t14-,19+/m0/s1. The lowest BCUT2D eigenvalue weighted by Gasteiger charge is -2.34. The minimum absolute atomic E-state index is 0.0383. The Morgan fingerprint density at radius 1 is 1.26 bits per heavy atom. The lowest BCUT2D eigenvalue weighted by atomic mass is 9.97. The molecule has 1 saturated heterocycles. The fraction of sp³-hybridized carbons (Fsp3) is 0.455. The number of piperidine rings is 1. The van der Waals surface area contributed by atoms with Crippen LogP contribution in [0.25, 0.3) is 0 Å². The molecule has 1 aliphatic rings. The number of carboxylic acid groups (broad SMARTS) is 1. The monoisotopic (exact) mass is 438 g/mol. The Labute approximate surface area is 178 Å². The van der Waals surface area contributed by atoms with Crippen molar-refractivity contribution in [3.63, 3.8) is 0 Å². The van der Waals surface area contributed by atoms with E-state index in [0.717, 1.165) is 6.07 Å². The molecule has 0 amide bonds. The Kier molecular flexibility index (Phi) is 7.04. The molecule has 31 heavy (non-hydrogen) atoms. The molecule has 1 aliphatic heterocycles. The van der Waals surface area contributed by atoms with Crippen molar-refractivity contribution in [2.45, 2.75) is 32.0 Å². The number of pyridine rings is 1. The third-order valence-corrected chi connectivity index (χ3v) is 5.55. The zero-order chi connectivity index (χ0) is 22.6. The van der Waals surface area contributed by atoms with Crippen molar-refractivity contribution in [2.24, 2.45) is 11.8 Å². The number of aliphatic hydroxyl groups is 1. The van der Waals surface area contributed by atoms with E-state index in [1.165, 1.54) is 19.2 Å². The number of aliphatic hydroxyl groups excluding tert-OH is 1. The van der Waals surface area contributed by atoms with E-state index < -0.39 is 29.7 Å². The maximum absolute atomic E-state index is 13.2. The molecule has 1 fully saturated rings. The normalized spacial score (nSPS) is 17.3. The molecule has 6 nitrogen and oxygen atoms in total. The van der Waals surface area contributed by atoms with Gasteiger partial charge in [-0.05, 0) is 55.5 Å². The van der Waals surface area contributed by atoms with Gasteiger partial charge in [0.1, 0.15) is 11.6 Å². The van der Waals surface area contributed by atoms with Crippen LogP contribution in [0.1, 0.15) is 37.0 Å². The van der Waals surface area contributed by atoms with Gasteiger partial charge in [-0.25, -0.2) is 4.98 Å². The highest BCUT2D eigenvalue weighted by Gasteiger charge is 2.36. The van der Waals surface area contributed by atoms with E-state index in [1.807, 2.05) is 0 Å². The highest BCUT2D eigenvalue weighted by Crippen LogP contribution is 2.36. The highest BCUT2D eigenvalue weighted by atomic mass is 19.4. The van der Waals surface area contributed by atoms with E-state index in [2.05, 4.69) is 4.98 Å². The maximum atomic E-state index is 13.2. The van der Waals surface area contributed by atoms with E-state index >= 15 is 0 Å². The molecule has 168 valence electrons. The number of halogens is 3. The highest BCUT2D eigenvalue weighted by molar-refractivity contribution is 5.70. The molecular weight excluding hydrogens is 413 g/mol. The summed E-state index contributed by atoms with van der Waals surface area (Å²) >= 11 is 0. The van der Waals surface area contributed by atoms with Crippen LogP contribution >= 0.6 is 0 Å². The first kappa shape index (κ1) is 22.9. The van der Waals surface area contributed by atoms with Crippen molar-refractivity contribution >= 4 is 11.8 Å². The van der Waals surface area contributed by atoms with Crippen LogP contribution in [-0.4, -0.2) is 40.9 Å². The van der Waals surface area contributed by atoms with Crippen LogP contribution in [-0.2, 0) is 11.0 Å². The third kappa shape index (κ3) is 5.66. The van der Waals surface area contributed by atoms with Gasteiger partial charge in [0.25, 0.3) is 0 Å². The number of hydrogen-bond donors (Lipinski definition) is 2. The van der Waals surface area contributed by atoms with Gasteiger partial charge in [0.2, 0.25) is 0 Å². The lowest BCUT2D eigenvalue weighted by molar-refractivity contribution is -0.145. The van der Waals surface area contributed by atoms with E-state index in [0.29, 0.717) is 43.9 Å². The maximum Gasteiger partial charge on any atom is 0.419 e. The molecule has 0 aliphatic carbocycles. The SMILES string of the molecule is C[C@H](C(=O)O)[C@@H](O)c1cccc(OCC2CCN(c3ncccc3C(F)(F)F)CC2)c1. The van der Waals surface area contributed by atoms with Gasteiger partial charge < -0.3 is 19.8 Å². The van der Waals surface area contributed by atoms with Gasteiger partial charge >= 0.3 is 12.1 Å². The lowest BCUT2D eigenvalue weighted by Crippen LogP contribution is -2.37. The van der Waals surface area contributed by atoms with Crippen LogP contribution < -0.4 is 9.64 Å². The molecule has 2 aromatic rings. The number of alkyl halides is 3. The summed E-state index contributed by atoms with van der Waals surface area (Å²) in [7, 11) is 0. The number of aliphatic carboxylic acids is 1. The smallest absolute Gasteiger partial charge is 0.419 e. The summed E-state index contributed by atoms with van der Waals surface area (Å²) in [5.41, 5.74) is -0.271. The number of carboxylic acids is 1. The number of benzene rings is 1. The number of rotatable bonds is 7. The van der Waals surface area contributed by atoms with Gasteiger partial charge in [-0.3, -0.25) is 4.79 Å². The summed E-state index contributed by atoms with van der Waals surface area (Å²) in [6.07, 6.45) is -2.91. The molecule has 0 saturated carbocycles. The molecule has 0 bridgehead atoms. The number of anilines is 1. The van der Waals surface area contributed by atoms with Crippen molar-refractivity contribution in [1.29, 1.82) is 0 Å². The molecule has 2 atom stereocenters. The third-order valence-electron chi connectivity index (χ3n) is 5.55. The molecule has 2 N–H and O–H groups in total. The fourth-order valence-corrected chi connectivity index (χ4v) is 3.61. The molecule has 3 rings (SSSR count). The summed E-state index contributed by atoms with van der Waals surface area (Å²) in [6, 6.07) is 8.99. The van der Waals surface area contributed by atoms with E-state index in [9.17, 15) is 23.1 Å². The summed E-state index contributed by atoms with van der Waals surface area (Å²) in [5, 5.41) is 19.2. The van der Waals surface area contributed by atoms with Gasteiger partial charge in [0.15, 0.2) is 0 Å². The topological polar surface area (TPSA) is 82.9 Å². The molecule has 1 aromatic heterocycles. The van der Waals surface area contributed by atoms with Crippen LogP contribution in [0.3, 0.4) is 0 Å². The zero-order valence-electron chi connectivity index (χ0n) is 17.0. The fourth-order valence-electron chi connectivity index (χ4n) is 3.61. The predicted molar refractivity (Wildman–Crippen MR) is 108 cm³/mol. The van der Waals surface area contributed by atoms with Crippen LogP contribution in [0.5, 0.6) is 5.75 Å². The number of nitrogens with zero attached hydrogens (tertiary/aromatic N) is 2. The van der Waals surface area contributed by atoms with E-state index in [4.69, 9.17) is 9.84 Å². The van der Waals surface area contributed by atoms with Crippen LogP contribution in [0.15, 0.2) is 42.6 Å². The van der Waals surface area contributed by atoms with Crippen molar-refractivity contribution in [1.82, 2.24) is 4.98 Å². The largest absolute Gasteiger partial charge is 0.493 e. The van der Waals surface area contributed by atoms with Crippen LogP contribution in [0.4, 0.5) is 19.0 Å². The van der Waals surface area contributed by atoms with Crippen molar-refractivity contribution in [3.05, 3.63) is 53.7 Å². The molecule has 0 radical (unpaired) electrons. The van der Waals surface area contributed by atoms with Crippen molar-refractivity contribution < 1.29 is 32.9 Å². The van der Waals surface area contributed by atoms with Gasteiger partial charge in [-0.15, -0.1) is 0 Å². The number of carbonyl (C=O) groups is 1. The summed E-state index contributed by atoms with van der Waals surface area (Å²) in [5.74, 6) is -1.40.